The molecule has 0 saturated heterocycles. The molecule has 0 saturated carbocycles. The lowest BCUT2D eigenvalue weighted by atomic mass is 10.3. The van der Waals surface area contributed by atoms with Gasteiger partial charge in [-0.15, -0.1) is 11.3 Å². The summed E-state index contributed by atoms with van der Waals surface area (Å²) < 4.78 is 5.44. The Labute approximate surface area is 96.6 Å². The molecular weight excluding hydrogens is 226 g/mol. The van der Waals surface area contributed by atoms with Crippen LogP contribution in [0.1, 0.15) is 17.2 Å². The Kier molecular flexibility index (Phi) is 3.05. The highest BCUT2D eigenvalue weighted by atomic mass is 32.1. The fourth-order valence-corrected chi connectivity index (χ4v) is 2.11. The van der Waals surface area contributed by atoms with Crippen LogP contribution in [0.25, 0.3) is 11.5 Å². The van der Waals surface area contributed by atoms with Crippen molar-refractivity contribution < 1.29 is 14.3 Å². The summed E-state index contributed by atoms with van der Waals surface area (Å²) in [6, 6.07) is 3.75. The van der Waals surface area contributed by atoms with E-state index < -0.39 is 5.97 Å². The second-order valence-electron chi connectivity index (χ2n) is 3.43. The van der Waals surface area contributed by atoms with E-state index in [1.54, 1.807) is 0 Å². The predicted octanol–water partition coefficient (Wildman–Crippen LogP) is 2.73. The van der Waals surface area contributed by atoms with Gasteiger partial charge in [0.05, 0.1) is 11.4 Å². The van der Waals surface area contributed by atoms with Crippen LogP contribution < -0.4 is 0 Å². The van der Waals surface area contributed by atoms with Gasteiger partial charge >= 0.3 is 5.97 Å². The van der Waals surface area contributed by atoms with Gasteiger partial charge in [0, 0.05) is 11.8 Å². The van der Waals surface area contributed by atoms with Crippen molar-refractivity contribution in [1.29, 1.82) is 0 Å². The summed E-state index contributed by atoms with van der Waals surface area (Å²) in [5.41, 5.74) is 0.776. The Morgan fingerprint density at radius 3 is 3.00 bits per heavy atom. The van der Waals surface area contributed by atoms with Crippen LogP contribution in [0.5, 0.6) is 0 Å². The molecule has 0 aromatic carbocycles. The minimum atomic E-state index is -0.800. The van der Waals surface area contributed by atoms with Gasteiger partial charge in [0.15, 0.2) is 5.76 Å². The third kappa shape index (κ3) is 2.49. The zero-order valence-electron chi connectivity index (χ0n) is 8.77. The fourth-order valence-electron chi connectivity index (χ4n) is 1.32. The Bertz CT molecular complexity index is 501. The third-order valence-corrected chi connectivity index (χ3v) is 3.01. The van der Waals surface area contributed by atoms with Crippen molar-refractivity contribution in [1.82, 2.24) is 4.98 Å². The summed E-state index contributed by atoms with van der Waals surface area (Å²) in [4.78, 5) is 14.7. The number of thiazole rings is 1. The number of aryl methyl sites for hydroxylation is 2. The summed E-state index contributed by atoms with van der Waals surface area (Å²) in [6.07, 6.45) is 0.587. The van der Waals surface area contributed by atoms with E-state index >= 15 is 0 Å². The molecule has 0 aliphatic carbocycles. The molecule has 0 spiro atoms. The van der Waals surface area contributed by atoms with E-state index in [0.717, 1.165) is 22.2 Å². The average Bonchev–Trinajstić information content (AvgIpc) is 2.83. The van der Waals surface area contributed by atoms with Gasteiger partial charge in [-0.05, 0) is 19.1 Å². The number of carbonyl (C=O) groups is 1. The topological polar surface area (TPSA) is 63.3 Å². The number of aliphatic carboxylic acids is 1. The van der Waals surface area contributed by atoms with Crippen LogP contribution in [-0.2, 0) is 11.2 Å². The number of carboxylic acids is 1. The first kappa shape index (κ1) is 10.9. The molecule has 0 aliphatic heterocycles. The largest absolute Gasteiger partial charge is 0.481 e. The number of furan rings is 1. The molecule has 4 nitrogen and oxygen atoms in total. The van der Waals surface area contributed by atoms with Gasteiger partial charge < -0.3 is 9.52 Å². The van der Waals surface area contributed by atoms with Crippen LogP contribution >= 0.6 is 11.3 Å². The van der Waals surface area contributed by atoms with Crippen molar-refractivity contribution in [3.05, 3.63) is 28.3 Å². The van der Waals surface area contributed by atoms with E-state index in [-0.39, 0.29) is 6.42 Å². The van der Waals surface area contributed by atoms with Crippen molar-refractivity contribution in [2.24, 2.45) is 0 Å². The van der Waals surface area contributed by atoms with Crippen molar-refractivity contribution >= 4 is 17.3 Å². The lowest BCUT2D eigenvalue weighted by molar-refractivity contribution is -0.136. The van der Waals surface area contributed by atoms with Gasteiger partial charge in [-0.3, -0.25) is 4.79 Å². The first-order valence-electron chi connectivity index (χ1n) is 4.88. The third-order valence-electron chi connectivity index (χ3n) is 2.10. The zero-order chi connectivity index (χ0) is 11.5. The molecule has 2 rings (SSSR count). The SMILES string of the molecule is Cc1ccc(-c2csc(CCC(=O)O)n2)o1. The standard InChI is InChI=1S/C11H11NO3S/c1-7-2-3-9(15-7)8-6-16-10(12-8)4-5-11(13)14/h2-3,6H,4-5H2,1H3,(H,13,14). The average molecular weight is 237 g/mol. The Hall–Kier alpha value is -1.62. The predicted molar refractivity (Wildman–Crippen MR) is 60.5 cm³/mol. The molecule has 5 heteroatoms. The number of hydrogen-bond acceptors (Lipinski definition) is 4. The van der Waals surface area contributed by atoms with Crippen LogP contribution in [-0.4, -0.2) is 16.1 Å². The lowest BCUT2D eigenvalue weighted by Crippen LogP contribution is -1.96. The minimum absolute atomic E-state index is 0.115. The molecule has 0 aliphatic rings. The van der Waals surface area contributed by atoms with Gasteiger partial charge in [0.25, 0.3) is 0 Å². The minimum Gasteiger partial charge on any atom is -0.481 e. The monoisotopic (exact) mass is 237 g/mol. The molecule has 2 aromatic heterocycles. The van der Waals surface area contributed by atoms with Crippen molar-refractivity contribution in [3.8, 4) is 11.5 Å². The Morgan fingerprint density at radius 1 is 1.56 bits per heavy atom. The van der Waals surface area contributed by atoms with Crippen molar-refractivity contribution in [3.63, 3.8) is 0 Å². The number of rotatable bonds is 4. The maximum Gasteiger partial charge on any atom is 0.303 e. The van der Waals surface area contributed by atoms with E-state index in [0.29, 0.717) is 6.42 Å². The van der Waals surface area contributed by atoms with Crippen LogP contribution in [0.2, 0.25) is 0 Å². The summed E-state index contributed by atoms with van der Waals surface area (Å²) in [5.74, 6) is 0.774. The molecule has 0 bridgehead atoms. The van der Waals surface area contributed by atoms with E-state index in [1.165, 1.54) is 11.3 Å². The zero-order valence-corrected chi connectivity index (χ0v) is 9.58. The maximum atomic E-state index is 10.4. The van der Waals surface area contributed by atoms with Crippen molar-refractivity contribution in [2.75, 3.05) is 0 Å². The van der Waals surface area contributed by atoms with Gasteiger partial charge in [-0.25, -0.2) is 4.98 Å². The highest BCUT2D eigenvalue weighted by Crippen LogP contribution is 2.24. The summed E-state index contributed by atoms with van der Waals surface area (Å²) in [5, 5.41) is 11.3. The van der Waals surface area contributed by atoms with E-state index in [2.05, 4.69) is 4.98 Å². The first-order valence-corrected chi connectivity index (χ1v) is 5.76. The molecule has 0 unspecified atom stereocenters. The van der Waals surface area contributed by atoms with E-state index in [1.807, 2.05) is 24.4 Å². The number of nitrogens with zero attached hydrogens (tertiary/aromatic N) is 1. The highest BCUT2D eigenvalue weighted by Gasteiger charge is 2.08. The van der Waals surface area contributed by atoms with Gasteiger partial charge in [-0.1, -0.05) is 0 Å². The Balaban J connectivity index is 2.10. The van der Waals surface area contributed by atoms with E-state index in [4.69, 9.17) is 9.52 Å². The van der Waals surface area contributed by atoms with Gasteiger partial charge in [0.2, 0.25) is 0 Å². The molecule has 0 amide bonds. The number of hydrogen-bond donors (Lipinski definition) is 1. The maximum absolute atomic E-state index is 10.4. The first-order chi connectivity index (χ1) is 7.65. The van der Waals surface area contributed by atoms with E-state index in [9.17, 15) is 4.79 Å². The van der Waals surface area contributed by atoms with Crippen LogP contribution in [0.15, 0.2) is 21.9 Å². The van der Waals surface area contributed by atoms with Crippen LogP contribution in [0.4, 0.5) is 0 Å². The van der Waals surface area contributed by atoms with Crippen molar-refractivity contribution in [2.45, 2.75) is 19.8 Å². The Morgan fingerprint density at radius 2 is 2.38 bits per heavy atom. The van der Waals surface area contributed by atoms with Crippen LogP contribution in [0, 0.1) is 6.92 Å². The molecule has 0 fully saturated rings. The lowest BCUT2D eigenvalue weighted by Gasteiger charge is -1.91. The molecule has 1 N–H and O–H groups in total. The molecule has 84 valence electrons. The summed E-state index contributed by atoms with van der Waals surface area (Å²) in [7, 11) is 0. The fraction of sp³-hybridized carbons (Fsp3) is 0.273. The van der Waals surface area contributed by atoms with Crippen LogP contribution in [0.3, 0.4) is 0 Å². The number of aromatic nitrogens is 1. The molecule has 2 aromatic rings. The molecule has 0 radical (unpaired) electrons. The smallest absolute Gasteiger partial charge is 0.303 e. The number of carboxylic acid groups (broad SMARTS) is 1. The molecule has 0 atom stereocenters. The molecule has 2 heterocycles. The summed E-state index contributed by atoms with van der Waals surface area (Å²) in [6.45, 7) is 1.88. The normalized spacial score (nSPS) is 10.6. The highest BCUT2D eigenvalue weighted by molar-refractivity contribution is 7.09. The second-order valence-corrected chi connectivity index (χ2v) is 4.37. The summed E-state index contributed by atoms with van der Waals surface area (Å²) >= 11 is 1.46. The second kappa shape index (κ2) is 4.49. The molecule has 16 heavy (non-hydrogen) atoms. The quantitative estimate of drug-likeness (QED) is 0.888. The van der Waals surface area contributed by atoms with Gasteiger partial charge in [-0.2, -0.15) is 0 Å². The van der Waals surface area contributed by atoms with Gasteiger partial charge in [0.1, 0.15) is 11.5 Å². The molecular formula is C11H11NO3S.